The van der Waals surface area contributed by atoms with E-state index in [9.17, 15) is 4.79 Å². The van der Waals surface area contributed by atoms with E-state index in [0.717, 1.165) is 28.1 Å². The normalized spacial score (nSPS) is 16.7. The summed E-state index contributed by atoms with van der Waals surface area (Å²) in [5.74, 6) is -0.201. The number of rotatable bonds is 3. The zero-order valence-electron chi connectivity index (χ0n) is 17.7. The lowest BCUT2D eigenvalue weighted by Crippen LogP contribution is -2.41. The zero-order valence-corrected chi connectivity index (χ0v) is 17.7. The molecular formula is C26H27N3O. The lowest BCUT2D eigenvalue weighted by Gasteiger charge is -2.25. The number of hydrogen-bond donors (Lipinski definition) is 1. The van der Waals surface area contributed by atoms with Crippen LogP contribution in [0.3, 0.4) is 0 Å². The second-order valence-corrected chi connectivity index (χ2v) is 8.68. The molecule has 1 amide bonds. The predicted octanol–water partition coefficient (Wildman–Crippen LogP) is 4.65. The minimum atomic E-state index is -0.943. The number of benzodiazepines with no additional fused rings is 1. The highest BCUT2D eigenvalue weighted by Gasteiger charge is 2.30. The molecule has 2 N–H and O–H groups in total. The topological polar surface area (TPSA) is 58.7 Å². The van der Waals surface area contributed by atoms with E-state index >= 15 is 0 Å². The Hall–Kier alpha value is -3.24. The van der Waals surface area contributed by atoms with Gasteiger partial charge in [-0.05, 0) is 22.6 Å². The van der Waals surface area contributed by atoms with Gasteiger partial charge >= 0.3 is 0 Å². The van der Waals surface area contributed by atoms with Crippen molar-refractivity contribution in [1.82, 2.24) is 0 Å². The van der Waals surface area contributed by atoms with Crippen LogP contribution in [0.1, 0.15) is 43.0 Å². The molecule has 152 valence electrons. The van der Waals surface area contributed by atoms with Crippen molar-refractivity contribution in [3.63, 3.8) is 0 Å². The van der Waals surface area contributed by atoms with E-state index in [0.29, 0.717) is 6.54 Å². The number of carbonyl (C=O) groups excluding carboxylic acids is 1. The van der Waals surface area contributed by atoms with Crippen molar-refractivity contribution in [2.24, 2.45) is 10.7 Å². The van der Waals surface area contributed by atoms with Crippen molar-refractivity contribution in [1.29, 1.82) is 0 Å². The molecule has 1 aliphatic rings. The van der Waals surface area contributed by atoms with Crippen LogP contribution in [0.25, 0.3) is 0 Å². The standard InChI is InChI=1S/C26H27N3O/c1-26(2,3)20-15-13-18(14-16-20)17-29-22-12-8-7-11-21(22)23(28-24(27)25(29)30)19-9-5-4-6-10-19/h4-16,24H,17,27H2,1-3H3. The summed E-state index contributed by atoms with van der Waals surface area (Å²) >= 11 is 0. The summed E-state index contributed by atoms with van der Waals surface area (Å²) in [5.41, 5.74) is 12.1. The Bertz CT molecular complexity index is 1080. The van der Waals surface area contributed by atoms with Gasteiger partial charge < -0.3 is 10.6 Å². The van der Waals surface area contributed by atoms with Gasteiger partial charge in [0.25, 0.3) is 5.91 Å². The molecule has 0 radical (unpaired) electrons. The quantitative estimate of drug-likeness (QED) is 0.699. The maximum Gasteiger partial charge on any atom is 0.266 e. The Labute approximate surface area is 178 Å². The van der Waals surface area contributed by atoms with Crippen LogP contribution < -0.4 is 10.6 Å². The first-order valence-electron chi connectivity index (χ1n) is 10.2. The Kier molecular flexibility index (Phi) is 5.27. The summed E-state index contributed by atoms with van der Waals surface area (Å²) < 4.78 is 0. The Morgan fingerprint density at radius 2 is 1.53 bits per heavy atom. The lowest BCUT2D eigenvalue weighted by atomic mass is 9.86. The van der Waals surface area contributed by atoms with Gasteiger partial charge in [0.05, 0.1) is 17.9 Å². The molecule has 0 aromatic heterocycles. The van der Waals surface area contributed by atoms with Crippen LogP contribution in [0, 0.1) is 0 Å². The zero-order chi connectivity index (χ0) is 21.3. The van der Waals surface area contributed by atoms with Crippen LogP contribution in [0.15, 0.2) is 83.9 Å². The van der Waals surface area contributed by atoms with Crippen LogP contribution in [-0.4, -0.2) is 17.8 Å². The van der Waals surface area contributed by atoms with Crippen molar-refractivity contribution < 1.29 is 4.79 Å². The number of nitrogens with two attached hydrogens (primary N) is 1. The number of nitrogens with zero attached hydrogens (tertiary/aromatic N) is 2. The van der Waals surface area contributed by atoms with Crippen molar-refractivity contribution in [2.75, 3.05) is 4.90 Å². The summed E-state index contributed by atoms with van der Waals surface area (Å²) in [6.45, 7) is 7.03. The molecule has 1 aliphatic heterocycles. The first kappa shape index (κ1) is 20.0. The number of para-hydroxylation sites is 1. The first-order chi connectivity index (χ1) is 14.3. The molecule has 0 spiro atoms. The molecule has 3 aromatic carbocycles. The maximum absolute atomic E-state index is 13.2. The van der Waals surface area contributed by atoms with Crippen molar-refractivity contribution >= 4 is 17.3 Å². The molecule has 1 atom stereocenters. The molecule has 0 saturated carbocycles. The third-order valence-corrected chi connectivity index (χ3v) is 5.45. The minimum Gasteiger partial charge on any atom is -0.304 e. The number of aliphatic imine (C=N–C) groups is 1. The van der Waals surface area contributed by atoms with Crippen molar-refractivity contribution in [3.8, 4) is 0 Å². The smallest absolute Gasteiger partial charge is 0.266 e. The number of carbonyl (C=O) groups is 1. The lowest BCUT2D eigenvalue weighted by molar-refractivity contribution is -0.119. The molecule has 0 aliphatic carbocycles. The average Bonchev–Trinajstić information content (AvgIpc) is 2.85. The fourth-order valence-electron chi connectivity index (χ4n) is 3.73. The summed E-state index contributed by atoms with van der Waals surface area (Å²) in [7, 11) is 0. The first-order valence-corrected chi connectivity index (χ1v) is 10.2. The maximum atomic E-state index is 13.2. The van der Waals surface area contributed by atoms with Crippen molar-refractivity contribution in [3.05, 3.63) is 101 Å². The third-order valence-electron chi connectivity index (χ3n) is 5.45. The Morgan fingerprint density at radius 3 is 2.20 bits per heavy atom. The van der Waals surface area contributed by atoms with E-state index in [1.54, 1.807) is 4.90 Å². The largest absolute Gasteiger partial charge is 0.304 e. The predicted molar refractivity (Wildman–Crippen MR) is 123 cm³/mol. The van der Waals surface area contributed by atoms with E-state index < -0.39 is 6.17 Å². The van der Waals surface area contributed by atoms with Crippen LogP contribution in [0.2, 0.25) is 0 Å². The molecule has 4 nitrogen and oxygen atoms in total. The van der Waals surface area contributed by atoms with Gasteiger partial charge in [0.15, 0.2) is 6.17 Å². The van der Waals surface area contributed by atoms with Crippen molar-refractivity contribution in [2.45, 2.75) is 38.9 Å². The highest BCUT2D eigenvalue weighted by atomic mass is 16.2. The fraction of sp³-hybridized carbons (Fsp3) is 0.231. The molecule has 4 heteroatoms. The van der Waals surface area contributed by atoms with Gasteiger partial charge in [-0.25, -0.2) is 0 Å². The number of fused-ring (bicyclic) bond motifs is 1. The number of anilines is 1. The highest BCUT2D eigenvalue weighted by Crippen LogP contribution is 2.30. The number of amides is 1. The molecule has 0 fully saturated rings. The van der Waals surface area contributed by atoms with Crippen LogP contribution >= 0.6 is 0 Å². The highest BCUT2D eigenvalue weighted by molar-refractivity contribution is 6.20. The van der Waals surface area contributed by atoms with Gasteiger partial charge in [0, 0.05) is 11.1 Å². The molecule has 0 bridgehead atoms. The van der Waals surface area contributed by atoms with E-state index in [2.05, 4.69) is 50.0 Å². The molecule has 3 aromatic rings. The molecule has 1 heterocycles. The fourth-order valence-corrected chi connectivity index (χ4v) is 3.73. The van der Waals surface area contributed by atoms with E-state index in [1.165, 1.54) is 5.56 Å². The van der Waals surface area contributed by atoms with E-state index in [4.69, 9.17) is 5.73 Å². The molecule has 30 heavy (non-hydrogen) atoms. The summed E-state index contributed by atoms with van der Waals surface area (Å²) in [6, 6.07) is 26.2. The third kappa shape index (κ3) is 3.91. The summed E-state index contributed by atoms with van der Waals surface area (Å²) in [6.07, 6.45) is -0.943. The second-order valence-electron chi connectivity index (χ2n) is 8.68. The second kappa shape index (κ2) is 7.88. The van der Waals surface area contributed by atoms with Crippen LogP contribution in [0.5, 0.6) is 0 Å². The summed E-state index contributed by atoms with van der Waals surface area (Å²) in [5, 5.41) is 0. The SMILES string of the molecule is CC(C)(C)c1ccc(CN2C(=O)C(N)N=C(c3ccccc3)c3ccccc32)cc1. The van der Waals surface area contributed by atoms with E-state index in [-0.39, 0.29) is 11.3 Å². The van der Waals surface area contributed by atoms with Crippen LogP contribution in [-0.2, 0) is 16.8 Å². The number of hydrogen-bond acceptors (Lipinski definition) is 3. The van der Waals surface area contributed by atoms with Gasteiger partial charge in [-0.2, -0.15) is 0 Å². The minimum absolute atomic E-state index is 0.0876. The van der Waals surface area contributed by atoms with Gasteiger partial charge in [-0.1, -0.05) is 93.6 Å². The molecule has 0 saturated heterocycles. The van der Waals surface area contributed by atoms with Gasteiger partial charge in [-0.3, -0.25) is 9.79 Å². The Balaban J connectivity index is 1.74. The average molecular weight is 398 g/mol. The molecule has 1 unspecified atom stereocenters. The Morgan fingerprint density at radius 1 is 0.900 bits per heavy atom. The van der Waals surface area contributed by atoms with Gasteiger partial charge in [-0.15, -0.1) is 0 Å². The van der Waals surface area contributed by atoms with Gasteiger partial charge in [0.2, 0.25) is 0 Å². The van der Waals surface area contributed by atoms with Crippen LogP contribution in [0.4, 0.5) is 5.69 Å². The molecule has 4 rings (SSSR count). The van der Waals surface area contributed by atoms with E-state index in [1.807, 2.05) is 54.6 Å². The van der Waals surface area contributed by atoms with Gasteiger partial charge in [0.1, 0.15) is 0 Å². The summed E-state index contributed by atoms with van der Waals surface area (Å²) in [4.78, 5) is 19.6. The molecular weight excluding hydrogens is 370 g/mol. The monoisotopic (exact) mass is 397 g/mol. The number of benzene rings is 3.